The molecule has 1 unspecified atom stereocenters. The number of halogens is 4. The van der Waals surface area contributed by atoms with E-state index in [2.05, 4.69) is 15.9 Å². The molecule has 0 bridgehead atoms. The van der Waals surface area contributed by atoms with Gasteiger partial charge >= 0.3 is 0 Å². The van der Waals surface area contributed by atoms with E-state index in [-0.39, 0.29) is 10.0 Å². The number of hydrogen-bond donors (Lipinski definition) is 1. The van der Waals surface area contributed by atoms with Gasteiger partial charge in [0, 0.05) is 5.56 Å². The molecule has 0 aromatic heterocycles. The first kappa shape index (κ1) is 14.1. The molecule has 1 atom stereocenters. The first-order valence-electron chi connectivity index (χ1n) is 5.57. The molecule has 0 saturated heterocycles. The average molecular weight is 330 g/mol. The van der Waals surface area contributed by atoms with Crippen molar-refractivity contribution in [3.8, 4) is 0 Å². The molecule has 0 spiro atoms. The van der Waals surface area contributed by atoms with Gasteiger partial charge in [0.05, 0.1) is 10.5 Å². The van der Waals surface area contributed by atoms with Crippen molar-refractivity contribution < 1.29 is 13.2 Å². The Balaban J connectivity index is 2.52. The summed E-state index contributed by atoms with van der Waals surface area (Å²) in [4.78, 5) is 0. The summed E-state index contributed by atoms with van der Waals surface area (Å²) in [5, 5.41) is 0. The Hall–Kier alpha value is -1.33. The molecule has 1 nitrogen and oxygen atoms in total. The standard InChI is InChI=1S/C14H11BrF3N/c1-7-2-5-10(16)12(13(7)18)14(19)8-3-4-9(15)11(17)6-8/h2-6,14H,19H2,1H3. The molecule has 100 valence electrons. The highest BCUT2D eigenvalue weighted by atomic mass is 79.9. The Morgan fingerprint density at radius 3 is 2.37 bits per heavy atom. The fraction of sp³-hybridized carbons (Fsp3) is 0.143. The van der Waals surface area contributed by atoms with E-state index in [0.29, 0.717) is 11.1 Å². The zero-order chi connectivity index (χ0) is 14.2. The normalized spacial score (nSPS) is 12.5. The van der Waals surface area contributed by atoms with Gasteiger partial charge in [0.1, 0.15) is 17.5 Å². The molecule has 0 heterocycles. The lowest BCUT2D eigenvalue weighted by molar-refractivity contribution is 0.536. The summed E-state index contributed by atoms with van der Waals surface area (Å²) in [5.74, 6) is -1.96. The Labute approximate surface area is 117 Å². The van der Waals surface area contributed by atoms with Gasteiger partial charge in [-0.3, -0.25) is 0 Å². The summed E-state index contributed by atoms with van der Waals surface area (Å²) in [6.45, 7) is 1.52. The van der Waals surface area contributed by atoms with E-state index in [4.69, 9.17) is 5.73 Å². The van der Waals surface area contributed by atoms with Gasteiger partial charge in [0.15, 0.2) is 0 Å². The maximum Gasteiger partial charge on any atom is 0.137 e. The van der Waals surface area contributed by atoms with Gasteiger partial charge in [-0.1, -0.05) is 12.1 Å². The molecule has 19 heavy (non-hydrogen) atoms. The highest BCUT2D eigenvalue weighted by molar-refractivity contribution is 9.10. The summed E-state index contributed by atoms with van der Waals surface area (Å²) in [6, 6.07) is 5.58. The van der Waals surface area contributed by atoms with Crippen molar-refractivity contribution in [1.82, 2.24) is 0 Å². The van der Waals surface area contributed by atoms with Gasteiger partial charge in [-0.25, -0.2) is 13.2 Å². The number of benzene rings is 2. The van der Waals surface area contributed by atoms with Crippen LogP contribution in [0.15, 0.2) is 34.8 Å². The number of rotatable bonds is 2. The lowest BCUT2D eigenvalue weighted by atomic mass is 9.97. The van der Waals surface area contributed by atoms with E-state index in [1.165, 1.54) is 25.1 Å². The van der Waals surface area contributed by atoms with Crippen LogP contribution in [0.25, 0.3) is 0 Å². The summed E-state index contributed by atoms with van der Waals surface area (Å²) in [5.41, 5.74) is 6.20. The van der Waals surface area contributed by atoms with Crippen molar-refractivity contribution in [3.63, 3.8) is 0 Å². The van der Waals surface area contributed by atoms with Crippen LogP contribution in [0.3, 0.4) is 0 Å². The Morgan fingerprint density at radius 2 is 1.74 bits per heavy atom. The second kappa shape index (κ2) is 5.35. The van der Waals surface area contributed by atoms with Gasteiger partial charge in [-0.15, -0.1) is 0 Å². The van der Waals surface area contributed by atoms with Crippen LogP contribution in [0.5, 0.6) is 0 Å². The van der Waals surface area contributed by atoms with Crippen molar-refractivity contribution in [1.29, 1.82) is 0 Å². The molecule has 2 N–H and O–H groups in total. The Kier molecular flexibility index (Phi) is 3.96. The van der Waals surface area contributed by atoms with Crippen LogP contribution in [-0.2, 0) is 0 Å². The van der Waals surface area contributed by atoms with Crippen LogP contribution in [0.1, 0.15) is 22.7 Å². The van der Waals surface area contributed by atoms with Gasteiger partial charge in [0.2, 0.25) is 0 Å². The predicted molar refractivity (Wildman–Crippen MR) is 71.2 cm³/mol. The first-order valence-corrected chi connectivity index (χ1v) is 6.36. The maximum atomic E-state index is 14.0. The molecule has 2 aromatic rings. The number of hydrogen-bond acceptors (Lipinski definition) is 1. The lowest BCUT2D eigenvalue weighted by Gasteiger charge is -2.16. The molecule has 0 aliphatic heterocycles. The topological polar surface area (TPSA) is 26.0 Å². The van der Waals surface area contributed by atoms with Gasteiger partial charge in [-0.05, 0) is 52.2 Å². The summed E-state index contributed by atoms with van der Waals surface area (Å²) in [6.07, 6.45) is 0. The van der Waals surface area contributed by atoms with E-state index < -0.39 is 23.5 Å². The molecule has 2 aromatic carbocycles. The van der Waals surface area contributed by atoms with Crippen LogP contribution in [-0.4, -0.2) is 0 Å². The zero-order valence-electron chi connectivity index (χ0n) is 10.1. The monoisotopic (exact) mass is 329 g/mol. The number of nitrogens with two attached hydrogens (primary N) is 1. The van der Waals surface area contributed by atoms with Crippen LogP contribution >= 0.6 is 15.9 Å². The molecular formula is C14H11BrF3N. The third-order valence-electron chi connectivity index (χ3n) is 2.93. The zero-order valence-corrected chi connectivity index (χ0v) is 11.6. The minimum atomic E-state index is -1.05. The third kappa shape index (κ3) is 2.67. The second-order valence-electron chi connectivity index (χ2n) is 4.24. The molecule has 0 aliphatic rings. The van der Waals surface area contributed by atoms with Crippen molar-refractivity contribution in [2.75, 3.05) is 0 Å². The molecule has 0 aliphatic carbocycles. The fourth-order valence-electron chi connectivity index (χ4n) is 1.84. The van der Waals surface area contributed by atoms with Gasteiger partial charge < -0.3 is 5.73 Å². The Morgan fingerprint density at radius 1 is 1.05 bits per heavy atom. The molecule has 0 saturated carbocycles. The second-order valence-corrected chi connectivity index (χ2v) is 5.10. The van der Waals surface area contributed by atoms with Crippen molar-refractivity contribution in [3.05, 3.63) is 68.9 Å². The van der Waals surface area contributed by atoms with Crippen molar-refractivity contribution in [2.45, 2.75) is 13.0 Å². The van der Waals surface area contributed by atoms with Crippen LogP contribution in [0.2, 0.25) is 0 Å². The quantitative estimate of drug-likeness (QED) is 0.876. The smallest absolute Gasteiger partial charge is 0.137 e. The lowest BCUT2D eigenvalue weighted by Crippen LogP contribution is -2.16. The van der Waals surface area contributed by atoms with E-state index in [9.17, 15) is 13.2 Å². The van der Waals surface area contributed by atoms with Crippen molar-refractivity contribution >= 4 is 15.9 Å². The first-order chi connectivity index (χ1) is 8.91. The van der Waals surface area contributed by atoms with Gasteiger partial charge in [-0.2, -0.15) is 0 Å². The molecule has 0 fully saturated rings. The largest absolute Gasteiger partial charge is 0.320 e. The van der Waals surface area contributed by atoms with E-state index >= 15 is 0 Å². The maximum absolute atomic E-state index is 14.0. The van der Waals surface area contributed by atoms with Crippen molar-refractivity contribution in [2.24, 2.45) is 5.73 Å². The highest BCUT2D eigenvalue weighted by Crippen LogP contribution is 2.28. The number of aryl methyl sites for hydroxylation is 1. The molecule has 2 rings (SSSR count). The molecule has 0 radical (unpaired) electrons. The fourth-order valence-corrected chi connectivity index (χ4v) is 2.08. The predicted octanol–water partition coefficient (Wildman–Crippen LogP) is 4.22. The van der Waals surface area contributed by atoms with Crippen LogP contribution in [0, 0.1) is 24.4 Å². The minimum absolute atomic E-state index is 0.248. The minimum Gasteiger partial charge on any atom is -0.320 e. The summed E-state index contributed by atoms with van der Waals surface area (Å²) in [7, 11) is 0. The van der Waals surface area contributed by atoms with Crippen LogP contribution in [0.4, 0.5) is 13.2 Å². The van der Waals surface area contributed by atoms with Crippen LogP contribution < -0.4 is 5.73 Å². The highest BCUT2D eigenvalue weighted by Gasteiger charge is 2.20. The molecule has 0 amide bonds. The van der Waals surface area contributed by atoms with E-state index in [0.717, 1.165) is 12.1 Å². The molecule has 5 heteroatoms. The van der Waals surface area contributed by atoms with E-state index in [1.807, 2.05) is 0 Å². The average Bonchev–Trinajstić information content (AvgIpc) is 2.37. The van der Waals surface area contributed by atoms with Gasteiger partial charge in [0.25, 0.3) is 0 Å². The summed E-state index contributed by atoms with van der Waals surface area (Å²) >= 11 is 3.01. The third-order valence-corrected chi connectivity index (χ3v) is 3.58. The van der Waals surface area contributed by atoms with E-state index in [1.54, 1.807) is 0 Å². The Bertz CT molecular complexity index is 628. The summed E-state index contributed by atoms with van der Waals surface area (Å²) < 4.78 is 41.4. The molecular weight excluding hydrogens is 319 g/mol. The SMILES string of the molecule is Cc1ccc(F)c(C(N)c2ccc(Br)c(F)c2)c1F.